The number of hydrogen-bond acceptors (Lipinski definition) is 4. The summed E-state index contributed by atoms with van der Waals surface area (Å²) in [5, 5.41) is 5.62. The van der Waals surface area contributed by atoms with Gasteiger partial charge in [-0.3, -0.25) is 14.4 Å². The van der Waals surface area contributed by atoms with Crippen LogP contribution in [0.15, 0.2) is 77.5 Å². The van der Waals surface area contributed by atoms with Gasteiger partial charge in [0.1, 0.15) is 10.7 Å². The van der Waals surface area contributed by atoms with Crippen molar-refractivity contribution in [3.05, 3.63) is 99.7 Å². The molecule has 1 aliphatic heterocycles. The third-order valence-corrected chi connectivity index (χ3v) is 5.74. The number of hydrogen-bond donors (Lipinski definition) is 2. The van der Waals surface area contributed by atoms with E-state index in [2.05, 4.69) is 10.6 Å². The molecule has 0 spiro atoms. The van der Waals surface area contributed by atoms with Crippen LogP contribution in [-0.4, -0.2) is 17.7 Å². The molecule has 0 atom stereocenters. The molecule has 3 aromatic carbocycles. The van der Waals surface area contributed by atoms with E-state index in [0.717, 1.165) is 21.6 Å². The zero-order valence-electron chi connectivity index (χ0n) is 18.4. The van der Waals surface area contributed by atoms with Gasteiger partial charge < -0.3 is 10.6 Å². The van der Waals surface area contributed by atoms with Crippen molar-refractivity contribution in [1.29, 1.82) is 0 Å². The van der Waals surface area contributed by atoms with Gasteiger partial charge in [0.2, 0.25) is 0 Å². The molecular formula is C26H22ClN3O3. The zero-order chi connectivity index (χ0) is 23.7. The van der Waals surface area contributed by atoms with Crippen molar-refractivity contribution in [3.8, 4) is 0 Å². The quantitative estimate of drug-likeness (QED) is 0.507. The van der Waals surface area contributed by atoms with E-state index in [1.165, 1.54) is 0 Å². The molecule has 33 heavy (non-hydrogen) atoms. The number of carbonyl (C=O) groups excluding carboxylic acids is 3. The van der Waals surface area contributed by atoms with Crippen molar-refractivity contribution < 1.29 is 14.4 Å². The summed E-state index contributed by atoms with van der Waals surface area (Å²) in [6.45, 7) is 5.72. The summed E-state index contributed by atoms with van der Waals surface area (Å²) >= 11 is 6.25. The van der Waals surface area contributed by atoms with Gasteiger partial charge in [-0.25, -0.2) is 4.90 Å². The molecule has 0 saturated heterocycles. The maximum Gasteiger partial charge on any atom is 0.283 e. The summed E-state index contributed by atoms with van der Waals surface area (Å²) in [5.41, 5.74) is 4.88. The molecule has 4 rings (SSSR count). The molecule has 2 N–H and O–H groups in total. The van der Waals surface area contributed by atoms with Crippen LogP contribution in [0, 0.1) is 20.8 Å². The summed E-state index contributed by atoms with van der Waals surface area (Å²) in [6.07, 6.45) is 0. The number of benzene rings is 3. The third-order valence-electron chi connectivity index (χ3n) is 5.39. The maximum absolute atomic E-state index is 13.0. The summed E-state index contributed by atoms with van der Waals surface area (Å²) in [6, 6.07) is 19.6. The number of imide groups is 1. The Kier molecular flexibility index (Phi) is 6.03. The Morgan fingerprint density at radius 1 is 0.818 bits per heavy atom. The number of aryl methyl sites for hydroxylation is 3. The van der Waals surface area contributed by atoms with Crippen LogP contribution in [0.25, 0.3) is 0 Å². The number of carbonyl (C=O) groups is 3. The molecular weight excluding hydrogens is 438 g/mol. The first-order chi connectivity index (χ1) is 15.7. The van der Waals surface area contributed by atoms with Gasteiger partial charge in [-0.1, -0.05) is 53.1 Å². The van der Waals surface area contributed by atoms with Gasteiger partial charge in [0.05, 0.1) is 5.69 Å². The van der Waals surface area contributed by atoms with E-state index in [9.17, 15) is 14.4 Å². The van der Waals surface area contributed by atoms with Crippen LogP contribution in [0.5, 0.6) is 0 Å². The average Bonchev–Trinajstić information content (AvgIpc) is 3.00. The van der Waals surface area contributed by atoms with Crippen molar-refractivity contribution in [1.82, 2.24) is 0 Å². The first-order valence-electron chi connectivity index (χ1n) is 10.4. The number of anilines is 3. The standard InChI is InChI=1S/C26H22ClN3O3/c1-15-4-10-19(11-5-15)28-24(31)18-9-8-17(3)21(14-18)29-23-22(27)25(32)30(26(23)33)20-12-6-16(2)7-13-20/h4-14,29H,1-3H3,(H,28,31). The fraction of sp³-hybridized carbons (Fsp3) is 0.115. The van der Waals surface area contributed by atoms with Gasteiger partial charge in [0, 0.05) is 16.9 Å². The lowest BCUT2D eigenvalue weighted by Gasteiger charge is -2.16. The smallest absolute Gasteiger partial charge is 0.283 e. The van der Waals surface area contributed by atoms with Gasteiger partial charge in [-0.2, -0.15) is 0 Å². The van der Waals surface area contributed by atoms with Crippen LogP contribution in [0.3, 0.4) is 0 Å². The molecule has 1 heterocycles. The van der Waals surface area contributed by atoms with E-state index in [1.54, 1.807) is 30.3 Å². The highest BCUT2D eigenvalue weighted by molar-refractivity contribution is 6.53. The molecule has 166 valence electrons. The molecule has 0 fully saturated rings. The van der Waals surface area contributed by atoms with Crippen LogP contribution >= 0.6 is 11.6 Å². The molecule has 3 aromatic rings. The third kappa shape index (κ3) is 4.52. The summed E-state index contributed by atoms with van der Waals surface area (Å²) in [4.78, 5) is 39.5. The lowest BCUT2D eigenvalue weighted by atomic mass is 10.1. The van der Waals surface area contributed by atoms with Gasteiger partial charge in [-0.05, 0) is 62.7 Å². The Bertz CT molecular complexity index is 1300. The van der Waals surface area contributed by atoms with Crippen molar-refractivity contribution in [3.63, 3.8) is 0 Å². The highest BCUT2D eigenvalue weighted by atomic mass is 35.5. The maximum atomic E-state index is 13.0. The molecule has 3 amide bonds. The lowest BCUT2D eigenvalue weighted by Crippen LogP contribution is -2.32. The second kappa shape index (κ2) is 8.92. The topological polar surface area (TPSA) is 78.5 Å². The molecule has 0 aliphatic carbocycles. The second-order valence-electron chi connectivity index (χ2n) is 7.95. The predicted molar refractivity (Wildman–Crippen MR) is 130 cm³/mol. The number of amides is 3. The Labute approximate surface area is 196 Å². The fourth-order valence-electron chi connectivity index (χ4n) is 3.41. The normalized spacial score (nSPS) is 13.5. The minimum Gasteiger partial charge on any atom is -0.349 e. The average molecular weight is 460 g/mol. The molecule has 0 radical (unpaired) electrons. The molecule has 1 aliphatic rings. The minimum atomic E-state index is -0.598. The van der Waals surface area contributed by atoms with Crippen LogP contribution < -0.4 is 15.5 Å². The van der Waals surface area contributed by atoms with Gasteiger partial charge >= 0.3 is 0 Å². The largest absolute Gasteiger partial charge is 0.349 e. The van der Waals surface area contributed by atoms with Gasteiger partial charge in [0.15, 0.2) is 0 Å². The fourth-order valence-corrected chi connectivity index (χ4v) is 3.63. The Hall–Kier alpha value is -3.90. The Morgan fingerprint density at radius 3 is 2.06 bits per heavy atom. The number of halogens is 1. The molecule has 0 unspecified atom stereocenters. The molecule has 7 heteroatoms. The van der Waals surface area contributed by atoms with E-state index in [4.69, 9.17) is 11.6 Å². The van der Waals surface area contributed by atoms with Crippen molar-refractivity contribution in [2.75, 3.05) is 15.5 Å². The number of nitrogens with zero attached hydrogens (tertiary/aromatic N) is 1. The van der Waals surface area contributed by atoms with E-state index < -0.39 is 11.8 Å². The molecule has 0 bridgehead atoms. The van der Waals surface area contributed by atoms with Crippen LogP contribution in [0.1, 0.15) is 27.0 Å². The van der Waals surface area contributed by atoms with Crippen molar-refractivity contribution >= 4 is 46.4 Å². The van der Waals surface area contributed by atoms with Crippen LogP contribution in [-0.2, 0) is 9.59 Å². The summed E-state index contributed by atoms with van der Waals surface area (Å²) in [7, 11) is 0. The first kappa shape index (κ1) is 22.3. The number of rotatable bonds is 5. The van der Waals surface area contributed by atoms with E-state index in [-0.39, 0.29) is 16.6 Å². The van der Waals surface area contributed by atoms with Gasteiger partial charge in [-0.15, -0.1) is 0 Å². The van der Waals surface area contributed by atoms with E-state index in [0.29, 0.717) is 22.6 Å². The monoisotopic (exact) mass is 459 g/mol. The molecule has 0 saturated carbocycles. The van der Waals surface area contributed by atoms with Crippen molar-refractivity contribution in [2.24, 2.45) is 0 Å². The first-order valence-corrected chi connectivity index (χ1v) is 10.7. The summed E-state index contributed by atoms with van der Waals surface area (Å²) in [5.74, 6) is -1.45. The van der Waals surface area contributed by atoms with Gasteiger partial charge in [0.25, 0.3) is 17.7 Å². The van der Waals surface area contributed by atoms with Crippen molar-refractivity contribution in [2.45, 2.75) is 20.8 Å². The Morgan fingerprint density at radius 2 is 1.42 bits per heavy atom. The highest BCUT2D eigenvalue weighted by Crippen LogP contribution is 2.31. The van der Waals surface area contributed by atoms with Crippen LogP contribution in [0.2, 0.25) is 0 Å². The summed E-state index contributed by atoms with van der Waals surface area (Å²) < 4.78 is 0. The number of nitrogens with one attached hydrogen (secondary N) is 2. The zero-order valence-corrected chi connectivity index (χ0v) is 19.2. The molecule has 0 aromatic heterocycles. The van der Waals surface area contributed by atoms with E-state index in [1.807, 2.05) is 57.2 Å². The Balaban J connectivity index is 1.57. The second-order valence-corrected chi connectivity index (χ2v) is 8.32. The van der Waals surface area contributed by atoms with E-state index >= 15 is 0 Å². The minimum absolute atomic E-state index is 0.0264. The predicted octanol–water partition coefficient (Wildman–Crippen LogP) is 5.30. The lowest BCUT2D eigenvalue weighted by molar-refractivity contribution is -0.120. The SMILES string of the molecule is Cc1ccc(NC(=O)c2ccc(C)c(NC3=C(Cl)C(=O)N(c4ccc(C)cc4)C3=O)c2)cc1. The van der Waals surface area contributed by atoms with Crippen LogP contribution in [0.4, 0.5) is 17.1 Å². The molecule has 6 nitrogen and oxygen atoms in total. The highest BCUT2D eigenvalue weighted by Gasteiger charge is 2.39.